The van der Waals surface area contributed by atoms with Crippen LogP contribution in [0.3, 0.4) is 0 Å². The molecule has 4 heteroatoms. The van der Waals surface area contributed by atoms with Gasteiger partial charge in [-0.3, -0.25) is 9.98 Å². The molecule has 0 aliphatic heterocycles. The Balaban J connectivity index is 1.80. The van der Waals surface area contributed by atoms with E-state index < -0.39 is 0 Å². The molecule has 4 nitrogen and oxygen atoms in total. The summed E-state index contributed by atoms with van der Waals surface area (Å²) in [6, 6.07) is 20.1. The van der Waals surface area contributed by atoms with E-state index in [0.29, 0.717) is 40.2 Å². The van der Waals surface area contributed by atoms with Crippen LogP contribution in [0.2, 0.25) is 0 Å². The van der Waals surface area contributed by atoms with Crippen LogP contribution < -0.4 is 0 Å². The van der Waals surface area contributed by atoms with Crippen molar-refractivity contribution in [2.75, 3.05) is 0 Å². The van der Waals surface area contributed by atoms with Crippen molar-refractivity contribution >= 4 is 34.6 Å². The van der Waals surface area contributed by atoms with E-state index in [4.69, 9.17) is 9.98 Å². The van der Waals surface area contributed by atoms with Crippen LogP contribution in [0.5, 0.6) is 11.5 Å². The summed E-state index contributed by atoms with van der Waals surface area (Å²) in [5.74, 6) is 1.29. The fourth-order valence-corrected chi connectivity index (χ4v) is 5.21. The molecule has 0 atom stereocenters. The van der Waals surface area contributed by atoms with Gasteiger partial charge in [-0.05, 0) is 63.4 Å². The van der Waals surface area contributed by atoms with Crippen LogP contribution in [0.1, 0.15) is 112 Å². The Morgan fingerprint density at radius 1 is 0.500 bits per heavy atom. The number of phenolic OH excluding ortho intramolecular Hbond substituents is 2. The third-order valence-electron chi connectivity index (χ3n) is 7.54. The predicted molar refractivity (Wildman–Crippen MR) is 171 cm³/mol. The topological polar surface area (TPSA) is 65.2 Å². The van der Waals surface area contributed by atoms with E-state index in [-0.39, 0.29) is 11.5 Å². The van der Waals surface area contributed by atoms with Gasteiger partial charge in [0.15, 0.2) is 0 Å². The highest BCUT2D eigenvalue weighted by atomic mass is 16.3. The number of hydrogen-bond acceptors (Lipinski definition) is 4. The first kappa shape index (κ1) is 29.1. The Kier molecular flexibility index (Phi) is 8.78. The summed E-state index contributed by atoms with van der Waals surface area (Å²) in [6.45, 7) is 17.3. The number of fused-ring (bicyclic) bond motifs is 1. The molecule has 4 aromatic rings. The van der Waals surface area contributed by atoms with E-state index in [1.807, 2.05) is 24.3 Å². The number of rotatable bonds is 8. The van der Waals surface area contributed by atoms with Gasteiger partial charge in [-0.25, -0.2) is 0 Å². The average molecular weight is 535 g/mol. The van der Waals surface area contributed by atoms with Gasteiger partial charge >= 0.3 is 0 Å². The summed E-state index contributed by atoms with van der Waals surface area (Å²) in [5.41, 5.74) is 7.69. The summed E-state index contributed by atoms with van der Waals surface area (Å²) in [7, 11) is 0. The van der Waals surface area contributed by atoms with Crippen molar-refractivity contribution in [1.29, 1.82) is 0 Å². The van der Waals surface area contributed by atoms with Gasteiger partial charge in [0.2, 0.25) is 0 Å². The number of benzene rings is 4. The van der Waals surface area contributed by atoms with E-state index in [0.717, 1.165) is 16.8 Å². The molecule has 40 heavy (non-hydrogen) atoms. The van der Waals surface area contributed by atoms with E-state index in [1.54, 1.807) is 12.4 Å². The van der Waals surface area contributed by atoms with E-state index in [9.17, 15) is 10.2 Å². The lowest BCUT2D eigenvalue weighted by Gasteiger charge is -2.16. The first-order valence-corrected chi connectivity index (χ1v) is 14.3. The molecule has 4 aromatic carbocycles. The summed E-state index contributed by atoms with van der Waals surface area (Å²) in [4.78, 5) is 9.75. The molecule has 0 saturated heterocycles. The number of aliphatic imine (C=N–C) groups is 2. The molecular formula is C36H42N2O2. The molecule has 0 heterocycles. The summed E-state index contributed by atoms with van der Waals surface area (Å²) in [6.07, 6.45) is 3.41. The molecule has 0 amide bonds. The highest BCUT2D eigenvalue weighted by molar-refractivity contribution is 6.04. The van der Waals surface area contributed by atoms with Gasteiger partial charge < -0.3 is 10.2 Å². The Labute approximate surface area is 239 Å². The third kappa shape index (κ3) is 5.82. The first-order chi connectivity index (χ1) is 19.0. The van der Waals surface area contributed by atoms with Crippen LogP contribution in [0.15, 0.2) is 70.6 Å². The second kappa shape index (κ2) is 12.1. The molecule has 208 valence electrons. The fourth-order valence-electron chi connectivity index (χ4n) is 5.21. The van der Waals surface area contributed by atoms with Gasteiger partial charge in [0, 0.05) is 23.6 Å². The Morgan fingerprint density at radius 3 is 1.12 bits per heavy atom. The Hall–Kier alpha value is -3.92. The summed E-state index contributed by atoms with van der Waals surface area (Å²) in [5, 5.41) is 23.8. The largest absolute Gasteiger partial charge is 0.506 e. The van der Waals surface area contributed by atoms with Crippen molar-refractivity contribution in [1.82, 2.24) is 0 Å². The Bertz CT molecular complexity index is 1410. The van der Waals surface area contributed by atoms with Gasteiger partial charge in [0.25, 0.3) is 0 Å². The zero-order chi connectivity index (χ0) is 29.1. The average Bonchev–Trinajstić information content (AvgIpc) is 2.91. The quantitative estimate of drug-likeness (QED) is 0.221. The van der Waals surface area contributed by atoms with Crippen molar-refractivity contribution in [3.8, 4) is 11.5 Å². The van der Waals surface area contributed by atoms with Gasteiger partial charge in [0.1, 0.15) is 11.5 Å². The molecule has 0 aliphatic rings. The van der Waals surface area contributed by atoms with E-state index in [1.165, 1.54) is 22.3 Å². The van der Waals surface area contributed by atoms with Crippen molar-refractivity contribution in [2.45, 2.75) is 79.1 Å². The number of nitrogens with zero attached hydrogens (tertiary/aromatic N) is 2. The van der Waals surface area contributed by atoms with E-state index in [2.05, 4.69) is 91.8 Å². The maximum atomic E-state index is 11.3. The molecule has 0 fully saturated rings. The van der Waals surface area contributed by atoms with Crippen molar-refractivity contribution in [3.63, 3.8) is 0 Å². The second-order valence-electron chi connectivity index (χ2n) is 11.8. The summed E-state index contributed by atoms with van der Waals surface area (Å²) >= 11 is 0. The normalized spacial score (nSPS) is 12.4. The lowest BCUT2D eigenvalue weighted by molar-refractivity contribution is 0.463. The van der Waals surface area contributed by atoms with Crippen molar-refractivity contribution in [2.24, 2.45) is 9.98 Å². The third-order valence-corrected chi connectivity index (χ3v) is 7.54. The molecule has 0 spiro atoms. The molecule has 0 unspecified atom stereocenters. The smallest absolute Gasteiger partial charge is 0.135 e. The Morgan fingerprint density at radius 2 is 0.825 bits per heavy atom. The number of phenols is 2. The van der Waals surface area contributed by atoms with Gasteiger partial charge in [-0.15, -0.1) is 0 Å². The predicted octanol–water partition coefficient (Wildman–Crippen LogP) is 10.2. The lowest BCUT2D eigenvalue weighted by atomic mass is 9.93. The summed E-state index contributed by atoms with van der Waals surface area (Å²) < 4.78 is 0. The van der Waals surface area contributed by atoms with E-state index >= 15 is 0 Å². The van der Waals surface area contributed by atoms with Crippen molar-refractivity contribution < 1.29 is 10.2 Å². The SMILES string of the molecule is CC(C)c1cccc(C(C)C)c1N=Cc1ccc2ccc(C=Nc3c(C(C)C)cccc3C(C)C)c(O)c2c1O. The fraction of sp³-hybridized carbons (Fsp3) is 0.333. The van der Waals surface area contributed by atoms with Crippen LogP contribution in [-0.2, 0) is 0 Å². The molecule has 0 saturated carbocycles. The van der Waals surface area contributed by atoms with Gasteiger partial charge in [0.05, 0.1) is 16.8 Å². The molecule has 4 rings (SSSR count). The molecule has 0 bridgehead atoms. The van der Waals surface area contributed by atoms with Crippen LogP contribution in [0.25, 0.3) is 10.8 Å². The highest BCUT2D eigenvalue weighted by Crippen LogP contribution is 2.39. The van der Waals surface area contributed by atoms with Crippen LogP contribution >= 0.6 is 0 Å². The van der Waals surface area contributed by atoms with Crippen LogP contribution in [0.4, 0.5) is 11.4 Å². The molecule has 0 radical (unpaired) electrons. The lowest BCUT2D eigenvalue weighted by Crippen LogP contribution is -1.96. The minimum absolute atomic E-state index is 0.00701. The number of para-hydroxylation sites is 2. The molecule has 0 aromatic heterocycles. The first-order valence-electron chi connectivity index (χ1n) is 14.3. The van der Waals surface area contributed by atoms with Crippen LogP contribution in [0, 0.1) is 0 Å². The zero-order valence-corrected chi connectivity index (χ0v) is 25.0. The minimum atomic E-state index is 0.00701. The minimum Gasteiger partial charge on any atom is -0.506 e. The maximum absolute atomic E-state index is 11.3. The number of hydrogen-bond donors (Lipinski definition) is 2. The van der Waals surface area contributed by atoms with Crippen LogP contribution in [-0.4, -0.2) is 22.6 Å². The second-order valence-corrected chi connectivity index (χ2v) is 11.8. The molecule has 0 aliphatic carbocycles. The highest BCUT2D eigenvalue weighted by Gasteiger charge is 2.16. The van der Waals surface area contributed by atoms with Crippen molar-refractivity contribution in [3.05, 3.63) is 94.0 Å². The zero-order valence-electron chi connectivity index (χ0n) is 25.0. The van der Waals surface area contributed by atoms with Gasteiger partial charge in [-0.2, -0.15) is 0 Å². The standard InChI is InChI=1S/C36H42N2O2/c1-21(2)28-11-9-12-29(22(3)4)33(28)37-19-26-17-15-25-16-18-27(36(40)32(25)35(26)39)20-38-34-30(23(5)6)13-10-14-31(34)24(7)8/h9-24,39-40H,1-8H3. The van der Waals surface area contributed by atoms with Gasteiger partial charge in [-0.1, -0.05) is 104 Å². The number of aromatic hydroxyl groups is 2. The maximum Gasteiger partial charge on any atom is 0.135 e. The molecular weight excluding hydrogens is 492 g/mol. The monoisotopic (exact) mass is 534 g/mol. The molecule has 2 N–H and O–H groups in total.